The number of carbonyl (C=O) groups excluding carboxylic acids is 2. The van der Waals surface area contributed by atoms with Gasteiger partial charge in [0.15, 0.2) is 5.60 Å². The maximum absolute atomic E-state index is 12.7. The monoisotopic (exact) mass is 440 g/mol. The summed E-state index contributed by atoms with van der Waals surface area (Å²) in [6.07, 6.45) is 0.260. The van der Waals surface area contributed by atoms with Gasteiger partial charge in [-0.2, -0.15) is 0 Å². The molecule has 0 bridgehead atoms. The minimum Gasteiger partial charge on any atom is -0.478 e. The smallest absolute Gasteiger partial charge is 0.322 e. The number of hydrogen-bond acceptors (Lipinski definition) is 6. The van der Waals surface area contributed by atoms with Crippen molar-refractivity contribution in [2.24, 2.45) is 0 Å². The van der Waals surface area contributed by atoms with Crippen LogP contribution in [0.3, 0.4) is 0 Å². The number of carbonyl (C=O) groups is 2. The molecule has 8 nitrogen and oxygen atoms in total. The average molecular weight is 441 g/mol. The van der Waals surface area contributed by atoms with Crippen molar-refractivity contribution in [3.8, 4) is 5.75 Å². The molecule has 9 heteroatoms. The molecule has 2 amide bonds. The van der Waals surface area contributed by atoms with E-state index in [1.807, 2.05) is 30.3 Å². The predicted octanol–water partition coefficient (Wildman–Crippen LogP) is 4.04. The molecule has 31 heavy (non-hydrogen) atoms. The van der Waals surface area contributed by atoms with Crippen LogP contribution >= 0.6 is 11.6 Å². The average Bonchev–Trinajstić information content (AvgIpc) is 3.37. The van der Waals surface area contributed by atoms with Crippen LogP contribution < -0.4 is 15.0 Å². The summed E-state index contributed by atoms with van der Waals surface area (Å²) in [6, 6.07) is 16.1. The zero-order chi connectivity index (χ0) is 22.0. The number of nitrogens with one attached hydrogen (secondary N) is 1. The number of para-hydroxylation sites is 1. The number of benzene rings is 2. The minimum atomic E-state index is -1.20. The van der Waals surface area contributed by atoms with Crippen molar-refractivity contribution in [3.05, 3.63) is 65.5 Å². The highest BCUT2D eigenvalue weighted by Crippen LogP contribution is 2.31. The topological polar surface area (TPSA) is 97.6 Å². The van der Waals surface area contributed by atoms with Gasteiger partial charge in [0.05, 0.1) is 5.92 Å². The SMILES string of the molecule is CC(C)(Oc1ccc(Cl)cc1)C(=O)Nc1nnc([C@H]2CC(=O)N(c3ccccc3)C2)o1. The van der Waals surface area contributed by atoms with E-state index >= 15 is 0 Å². The van der Waals surface area contributed by atoms with E-state index in [0.717, 1.165) is 5.69 Å². The number of nitrogens with zero attached hydrogens (tertiary/aromatic N) is 3. The second-order valence-corrected chi connectivity index (χ2v) is 8.14. The number of amides is 2. The Balaban J connectivity index is 1.40. The molecule has 0 spiro atoms. The van der Waals surface area contributed by atoms with Crippen LogP contribution in [0.1, 0.15) is 32.1 Å². The predicted molar refractivity (Wildman–Crippen MR) is 115 cm³/mol. The maximum atomic E-state index is 12.7. The minimum absolute atomic E-state index is 0.0162. The number of aromatic nitrogens is 2. The van der Waals surface area contributed by atoms with Crippen LogP contribution in [0.2, 0.25) is 5.02 Å². The molecule has 1 aliphatic rings. The van der Waals surface area contributed by atoms with Crippen molar-refractivity contribution < 1.29 is 18.7 Å². The first kappa shape index (κ1) is 20.9. The largest absolute Gasteiger partial charge is 0.478 e. The molecule has 2 aromatic carbocycles. The highest BCUT2D eigenvalue weighted by Gasteiger charge is 2.36. The first-order valence-corrected chi connectivity index (χ1v) is 10.1. The highest BCUT2D eigenvalue weighted by atomic mass is 35.5. The molecule has 4 rings (SSSR count). The Bertz CT molecular complexity index is 1080. The highest BCUT2D eigenvalue weighted by molar-refractivity contribution is 6.30. The van der Waals surface area contributed by atoms with E-state index in [1.54, 1.807) is 43.0 Å². The maximum Gasteiger partial charge on any atom is 0.322 e. The molecule has 3 aromatic rings. The third-order valence-electron chi connectivity index (χ3n) is 4.94. The summed E-state index contributed by atoms with van der Waals surface area (Å²) in [5.41, 5.74) is -0.375. The summed E-state index contributed by atoms with van der Waals surface area (Å²) in [5, 5.41) is 11.1. The quantitative estimate of drug-likeness (QED) is 0.621. The summed E-state index contributed by atoms with van der Waals surface area (Å²) < 4.78 is 11.4. The second-order valence-electron chi connectivity index (χ2n) is 7.71. The van der Waals surface area contributed by atoms with Gasteiger partial charge in [0.25, 0.3) is 5.91 Å². The molecule has 160 valence electrons. The molecular weight excluding hydrogens is 420 g/mol. The van der Waals surface area contributed by atoms with Crippen molar-refractivity contribution in [1.82, 2.24) is 10.2 Å². The lowest BCUT2D eigenvalue weighted by molar-refractivity contribution is -0.128. The molecule has 1 saturated heterocycles. The molecule has 1 aromatic heterocycles. The zero-order valence-electron chi connectivity index (χ0n) is 17.0. The molecule has 1 N–H and O–H groups in total. The van der Waals surface area contributed by atoms with Crippen LogP contribution in [0.4, 0.5) is 11.7 Å². The molecule has 2 heterocycles. The van der Waals surface area contributed by atoms with Crippen LogP contribution in [0, 0.1) is 0 Å². The Kier molecular flexibility index (Phi) is 5.65. The van der Waals surface area contributed by atoms with Gasteiger partial charge in [-0.25, -0.2) is 0 Å². The van der Waals surface area contributed by atoms with Crippen LogP contribution in [0.5, 0.6) is 5.75 Å². The zero-order valence-corrected chi connectivity index (χ0v) is 17.8. The molecular formula is C22H21ClN4O4. The normalized spacial score (nSPS) is 16.4. The van der Waals surface area contributed by atoms with E-state index in [2.05, 4.69) is 15.5 Å². The van der Waals surface area contributed by atoms with Crippen molar-refractivity contribution in [2.45, 2.75) is 31.8 Å². The summed E-state index contributed by atoms with van der Waals surface area (Å²) in [4.78, 5) is 26.8. The Morgan fingerprint density at radius 3 is 2.58 bits per heavy atom. The molecule has 1 atom stereocenters. The summed E-state index contributed by atoms with van der Waals surface area (Å²) in [6.45, 7) is 3.69. The number of hydrogen-bond donors (Lipinski definition) is 1. The van der Waals surface area contributed by atoms with Gasteiger partial charge in [0, 0.05) is 23.7 Å². The lowest BCUT2D eigenvalue weighted by Crippen LogP contribution is -2.42. The van der Waals surface area contributed by atoms with E-state index in [1.165, 1.54) is 0 Å². The standard InChI is InChI=1S/C22H21ClN4O4/c1-22(2,31-17-10-8-15(23)9-11-17)20(29)24-21-26-25-19(30-21)14-12-18(28)27(13-14)16-6-4-3-5-7-16/h3-11,14H,12-13H2,1-2H3,(H,24,26,29)/t14-/m0/s1. The van der Waals surface area contributed by atoms with Crippen LogP contribution in [0.25, 0.3) is 0 Å². The van der Waals surface area contributed by atoms with E-state index in [4.69, 9.17) is 20.8 Å². The third kappa shape index (κ3) is 4.69. The second kappa shape index (κ2) is 8.39. The van der Waals surface area contributed by atoms with E-state index < -0.39 is 11.5 Å². The molecule has 1 aliphatic heterocycles. The lowest BCUT2D eigenvalue weighted by atomic mass is 10.1. The van der Waals surface area contributed by atoms with Gasteiger partial charge >= 0.3 is 6.01 Å². The van der Waals surface area contributed by atoms with Gasteiger partial charge in [0.2, 0.25) is 11.8 Å². The van der Waals surface area contributed by atoms with Crippen molar-refractivity contribution in [2.75, 3.05) is 16.8 Å². The first-order valence-electron chi connectivity index (χ1n) is 9.77. The fourth-order valence-electron chi connectivity index (χ4n) is 3.27. The Hall–Kier alpha value is -3.39. The molecule has 0 aliphatic carbocycles. The Labute approximate surface area is 184 Å². The van der Waals surface area contributed by atoms with Gasteiger partial charge in [-0.1, -0.05) is 34.9 Å². The Morgan fingerprint density at radius 1 is 1.16 bits per heavy atom. The van der Waals surface area contributed by atoms with E-state index in [0.29, 0.717) is 23.2 Å². The fraction of sp³-hybridized carbons (Fsp3) is 0.273. The van der Waals surface area contributed by atoms with Crippen molar-refractivity contribution in [3.63, 3.8) is 0 Å². The number of rotatable bonds is 6. The lowest BCUT2D eigenvalue weighted by Gasteiger charge is -2.24. The number of ether oxygens (including phenoxy) is 1. The molecule has 0 radical (unpaired) electrons. The number of anilines is 2. The summed E-state index contributed by atoms with van der Waals surface area (Å²) >= 11 is 5.88. The summed E-state index contributed by atoms with van der Waals surface area (Å²) in [7, 11) is 0. The molecule has 0 unspecified atom stereocenters. The number of halogens is 1. The molecule has 1 fully saturated rings. The first-order chi connectivity index (χ1) is 14.8. The fourth-order valence-corrected chi connectivity index (χ4v) is 3.40. The van der Waals surface area contributed by atoms with Crippen LogP contribution in [0.15, 0.2) is 59.0 Å². The van der Waals surface area contributed by atoms with Crippen molar-refractivity contribution >= 4 is 35.1 Å². The van der Waals surface area contributed by atoms with Crippen LogP contribution in [-0.2, 0) is 9.59 Å². The van der Waals surface area contributed by atoms with Gasteiger partial charge < -0.3 is 14.1 Å². The van der Waals surface area contributed by atoms with Crippen molar-refractivity contribution in [1.29, 1.82) is 0 Å². The summed E-state index contributed by atoms with van der Waals surface area (Å²) in [5.74, 6) is 0.0903. The van der Waals surface area contributed by atoms with Gasteiger partial charge in [-0.05, 0) is 50.2 Å². The van der Waals surface area contributed by atoms with E-state index in [-0.39, 0.29) is 24.3 Å². The van der Waals surface area contributed by atoms with Crippen LogP contribution in [-0.4, -0.2) is 34.2 Å². The van der Waals surface area contributed by atoms with Gasteiger partial charge in [0.1, 0.15) is 5.75 Å². The Morgan fingerprint density at radius 2 is 1.87 bits per heavy atom. The molecule has 0 saturated carbocycles. The third-order valence-corrected chi connectivity index (χ3v) is 5.19. The van der Waals surface area contributed by atoms with E-state index in [9.17, 15) is 9.59 Å². The van der Waals surface area contributed by atoms with Gasteiger partial charge in [-0.15, -0.1) is 5.10 Å². The van der Waals surface area contributed by atoms with Gasteiger partial charge in [-0.3, -0.25) is 14.9 Å².